The lowest BCUT2D eigenvalue weighted by atomic mass is 10.3. The van der Waals surface area contributed by atoms with Gasteiger partial charge in [-0.3, -0.25) is 0 Å². The highest BCUT2D eigenvalue weighted by Gasteiger charge is 2.22. The Morgan fingerprint density at radius 2 is 1.85 bits per heavy atom. The molecule has 0 aromatic heterocycles. The molecule has 76 valence electrons. The van der Waals surface area contributed by atoms with Crippen molar-refractivity contribution in [2.75, 3.05) is 17.3 Å². The smallest absolute Gasteiger partial charge is 0.108 e. The highest BCUT2D eigenvalue weighted by atomic mass is 32.2. The molecule has 0 spiro atoms. The fourth-order valence-electron chi connectivity index (χ4n) is 1.47. The molecule has 1 heterocycles. The molecular weight excluding hydrogens is 198 g/mol. The molecule has 1 fully saturated rings. The number of rotatable bonds is 4. The van der Waals surface area contributed by atoms with Gasteiger partial charge in [0.15, 0.2) is 0 Å². The third-order valence-corrected chi connectivity index (χ3v) is 4.75. The quantitative estimate of drug-likeness (QED) is 0.307. The van der Waals surface area contributed by atoms with Crippen LogP contribution in [0.15, 0.2) is 0 Å². The summed E-state index contributed by atoms with van der Waals surface area (Å²) in [5.41, 5.74) is 0. The number of unbranched alkanes of at least 4 members (excludes halogenated alkanes) is 2. The molecule has 1 nitrogen and oxygen atoms in total. The van der Waals surface area contributed by atoms with Crippen molar-refractivity contribution in [3.05, 3.63) is 5.41 Å². The van der Waals surface area contributed by atoms with Gasteiger partial charge in [-0.15, -0.1) is 0 Å². The zero-order valence-electron chi connectivity index (χ0n) is 8.42. The third kappa shape index (κ3) is 8.48. The summed E-state index contributed by atoms with van der Waals surface area (Å²) in [5, 5.41) is 8.47. The lowest BCUT2D eigenvalue weighted by Gasteiger charge is -1.98. The molecule has 1 rings (SSSR count). The number of thiocarbonyl (C=S) groups is 1. The van der Waals surface area contributed by atoms with E-state index in [0.29, 0.717) is 0 Å². The Balaban J connectivity index is 0.000000424. The molecule has 0 bridgehead atoms. The number of hydrogen-bond donors (Lipinski definition) is 0. The predicted octanol–water partition coefficient (Wildman–Crippen LogP) is 3.25. The summed E-state index contributed by atoms with van der Waals surface area (Å²) in [4.78, 5) is 0. The van der Waals surface area contributed by atoms with Gasteiger partial charge in [0.25, 0.3) is 0 Å². The van der Waals surface area contributed by atoms with Crippen LogP contribution in [0.3, 0.4) is 0 Å². The van der Waals surface area contributed by atoms with E-state index in [9.17, 15) is 0 Å². The van der Waals surface area contributed by atoms with Crippen LogP contribution in [0.2, 0.25) is 0 Å². The van der Waals surface area contributed by atoms with E-state index in [2.05, 4.69) is 19.1 Å². The van der Waals surface area contributed by atoms with Gasteiger partial charge in [0.05, 0.1) is 0 Å². The fourth-order valence-corrected chi connectivity index (χ4v) is 3.92. The molecule has 1 saturated heterocycles. The van der Waals surface area contributed by atoms with Gasteiger partial charge in [0.2, 0.25) is 0 Å². The van der Waals surface area contributed by atoms with Crippen LogP contribution in [-0.2, 0) is 10.9 Å². The van der Waals surface area contributed by atoms with E-state index in [4.69, 9.17) is 5.41 Å². The number of isothiocyanates is 1. The molecule has 0 aromatic carbocycles. The Morgan fingerprint density at radius 1 is 1.31 bits per heavy atom. The first-order valence-electron chi connectivity index (χ1n) is 5.00. The van der Waals surface area contributed by atoms with Crippen LogP contribution in [0.1, 0.15) is 39.0 Å². The molecule has 0 aromatic rings. The molecule has 13 heavy (non-hydrogen) atoms. The minimum Gasteiger partial charge on any atom is -0.753 e. The molecule has 0 N–H and O–H groups in total. The van der Waals surface area contributed by atoms with E-state index in [1.165, 1.54) is 37.3 Å². The summed E-state index contributed by atoms with van der Waals surface area (Å²) < 4.78 is 0. The van der Waals surface area contributed by atoms with Crippen LogP contribution < -0.4 is 0 Å². The molecule has 0 amide bonds. The van der Waals surface area contributed by atoms with Crippen molar-refractivity contribution in [1.29, 1.82) is 0 Å². The van der Waals surface area contributed by atoms with Gasteiger partial charge in [-0.25, -0.2) is 0 Å². The molecule has 0 unspecified atom stereocenters. The molecular formula is C10H19NS2. The first kappa shape index (κ1) is 13.2. The van der Waals surface area contributed by atoms with Gasteiger partial charge >= 0.3 is 0 Å². The van der Waals surface area contributed by atoms with E-state index < -0.39 is 0 Å². The van der Waals surface area contributed by atoms with Crippen molar-refractivity contribution in [1.82, 2.24) is 0 Å². The van der Waals surface area contributed by atoms with Gasteiger partial charge in [0.1, 0.15) is 17.3 Å². The van der Waals surface area contributed by atoms with Crippen LogP contribution in [0.5, 0.6) is 0 Å². The van der Waals surface area contributed by atoms with Gasteiger partial charge in [0, 0.05) is 0 Å². The minimum atomic E-state index is 0.871. The average molecular weight is 217 g/mol. The molecule has 0 radical (unpaired) electrons. The standard InChI is InChI=1S/C9H19S.CNS/c1-2-3-4-7-10-8-5-6-9-10;2-1-3/h2-9H2,1H3;/q+1;-1. The number of nitrogens with zero attached hydrogens (tertiary/aromatic N) is 1. The normalized spacial score (nSPS) is 16.1. The molecule has 3 heteroatoms. The minimum absolute atomic E-state index is 0.871. The summed E-state index contributed by atoms with van der Waals surface area (Å²) in [6.45, 7) is 2.29. The van der Waals surface area contributed by atoms with E-state index in [0.717, 1.165) is 10.9 Å². The van der Waals surface area contributed by atoms with E-state index >= 15 is 0 Å². The van der Waals surface area contributed by atoms with E-state index in [1.807, 2.05) is 0 Å². The van der Waals surface area contributed by atoms with Crippen molar-refractivity contribution in [2.45, 2.75) is 39.0 Å². The number of hydrogen-bond acceptors (Lipinski definition) is 1. The Kier molecular flexibility index (Phi) is 10.4. The van der Waals surface area contributed by atoms with E-state index in [1.54, 1.807) is 17.3 Å². The largest absolute Gasteiger partial charge is 0.753 e. The molecule has 1 aliphatic heterocycles. The van der Waals surface area contributed by atoms with Gasteiger partial charge in [-0.2, -0.15) is 5.16 Å². The van der Waals surface area contributed by atoms with Crippen LogP contribution in [0.4, 0.5) is 0 Å². The van der Waals surface area contributed by atoms with Crippen molar-refractivity contribution < 1.29 is 0 Å². The maximum Gasteiger partial charge on any atom is 0.108 e. The zero-order chi connectivity index (χ0) is 9.94. The van der Waals surface area contributed by atoms with Crippen LogP contribution in [0, 0.1) is 0 Å². The Morgan fingerprint density at radius 3 is 2.31 bits per heavy atom. The second-order valence-corrected chi connectivity index (χ2v) is 5.86. The van der Waals surface area contributed by atoms with Gasteiger partial charge in [-0.1, -0.05) is 25.6 Å². The maximum atomic E-state index is 7.13. The highest BCUT2D eigenvalue weighted by molar-refractivity contribution is 7.97. The van der Waals surface area contributed by atoms with Crippen molar-refractivity contribution in [2.24, 2.45) is 0 Å². The lowest BCUT2D eigenvalue weighted by Crippen LogP contribution is -2.08. The molecule has 0 saturated carbocycles. The van der Waals surface area contributed by atoms with Crippen molar-refractivity contribution in [3.8, 4) is 0 Å². The summed E-state index contributed by atoms with van der Waals surface area (Å²) in [6, 6.07) is 0. The summed E-state index contributed by atoms with van der Waals surface area (Å²) >= 11 is 3.70. The maximum absolute atomic E-state index is 7.13. The van der Waals surface area contributed by atoms with Crippen molar-refractivity contribution >= 4 is 28.3 Å². The highest BCUT2D eigenvalue weighted by Crippen LogP contribution is 2.15. The summed E-state index contributed by atoms with van der Waals surface area (Å²) in [7, 11) is 0.871. The second-order valence-electron chi connectivity index (χ2n) is 3.23. The lowest BCUT2D eigenvalue weighted by molar-refractivity contribution is 0.777. The average Bonchev–Trinajstić information content (AvgIpc) is 2.59. The van der Waals surface area contributed by atoms with Gasteiger partial charge < -0.3 is 5.41 Å². The first-order valence-corrected chi connectivity index (χ1v) is 7.14. The topological polar surface area (TPSA) is 22.3 Å². The monoisotopic (exact) mass is 217 g/mol. The SMILES string of the molecule is CCCCC[S+]1CCCC1.[N-]=C=S. The fraction of sp³-hybridized carbons (Fsp3) is 0.900. The Bertz CT molecular complexity index is 136. The van der Waals surface area contributed by atoms with Gasteiger partial charge in [-0.05, 0) is 36.6 Å². The Labute approximate surface area is 90.2 Å². The predicted molar refractivity (Wildman–Crippen MR) is 66.7 cm³/mol. The van der Waals surface area contributed by atoms with Crippen LogP contribution in [0.25, 0.3) is 5.41 Å². The van der Waals surface area contributed by atoms with Crippen LogP contribution in [-0.4, -0.2) is 22.4 Å². The first-order chi connectivity index (χ1) is 6.35. The molecule has 0 aliphatic carbocycles. The summed E-state index contributed by atoms with van der Waals surface area (Å²) in [6.07, 6.45) is 7.39. The van der Waals surface area contributed by atoms with E-state index in [-0.39, 0.29) is 0 Å². The Hall–Kier alpha value is 0.150. The third-order valence-electron chi connectivity index (χ3n) is 2.15. The molecule has 1 aliphatic rings. The molecule has 0 atom stereocenters. The zero-order valence-corrected chi connectivity index (χ0v) is 10.1. The van der Waals surface area contributed by atoms with Crippen LogP contribution >= 0.6 is 12.2 Å². The van der Waals surface area contributed by atoms with Crippen molar-refractivity contribution in [3.63, 3.8) is 0 Å². The summed E-state index contributed by atoms with van der Waals surface area (Å²) in [5.74, 6) is 4.67. The second kappa shape index (κ2) is 10.2.